The summed E-state index contributed by atoms with van der Waals surface area (Å²) in [5.74, 6) is -0.0714. The summed E-state index contributed by atoms with van der Waals surface area (Å²) in [5, 5.41) is 0. The molecule has 2 aliphatic rings. The Balaban J connectivity index is 1.91. The van der Waals surface area contributed by atoms with E-state index in [1.165, 1.54) is 0 Å². The Labute approximate surface area is 120 Å². The SMILES string of the molecule is COCC(N)C(=O)N(CC1CCCO1)CC1CCCO1. The van der Waals surface area contributed by atoms with Crippen LogP contribution in [0.4, 0.5) is 0 Å². The summed E-state index contributed by atoms with van der Waals surface area (Å²) >= 11 is 0. The molecule has 20 heavy (non-hydrogen) atoms. The fourth-order valence-electron chi connectivity index (χ4n) is 2.81. The number of methoxy groups -OCH3 is 1. The van der Waals surface area contributed by atoms with E-state index in [-0.39, 0.29) is 24.7 Å². The van der Waals surface area contributed by atoms with Gasteiger partial charge < -0.3 is 24.8 Å². The molecule has 0 bridgehead atoms. The van der Waals surface area contributed by atoms with Crippen molar-refractivity contribution in [1.29, 1.82) is 0 Å². The fourth-order valence-corrected chi connectivity index (χ4v) is 2.81. The van der Waals surface area contributed by atoms with E-state index in [2.05, 4.69) is 0 Å². The van der Waals surface area contributed by atoms with E-state index < -0.39 is 6.04 Å². The number of ether oxygens (including phenoxy) is 3. The third-order valence-corrected chi connectivity index (χ3v) is 3.87. The molecule has 0 aliphatic carbocycles. The largest absolute Gasteiger partial charge is 0.383 e. The number of carbonyl (C=O) groups is 1. The van der Waals surface area contributed by atoms with Gasteiger partial charge in [0, 0.05) is 33.4 Å². The summed E-state index contributed by atoms with van der Waals surface area (Å²) in [6, 6.07) is -0.609. The molecule has 0 radical (unpaired) electrons. The van der Waals surface area contributed by atoms with E-state index in [9.17, 15) is 4.79 Å². The lowest BCUT2D eigenvalue weighted by atomic mass is 10.1. The maximum absolute atomic E-state index is 12.4. The molecule has 0 saturated carbocycles. The average molecular weight is 286 g/mol. The highest BCUT2D eigenvalue weighted by molar-refractivity contribution is 5.81. The number of nitrogens with two attached hydrogens (primary N) is 1. The zero-order valence-electron chi connectivity index (χ0n) is 12.3. The van der Waals surface area contributed by atoms with Gasteiger partial charge in [-0.1, -0.05) is 0 Å². The van der Waals surface area contributed by atoms with Gasteiger partial charge in [0.1, 0.15) is 6.04 Å². The van der Waals surface area contributed by atoms with Gasteiger partial charge in [0.25, 0.3) is 0 Å². The van der Waals surface area contributed by atoms with Crippen molar-refractivity contribution in [3.8, 4) is 0 Å². The lowest BCUT2D eigenvalue weighted by Crippen LogP contribution is -2.50. The van der Waals surface area contributed by atoms with Gasteiger partial charge in [0.05, 0.1) is 18.8 Å². The second-order valence-electron chi connectivity index (χ2n) is 5.58. The third kappa shape index (κ3) is 4.41. The minimum Gasteiger partial charge on any atom is -0.383 e. The molecule has 2 rings (SSSR count). The molecule has 0 spiro atoms. The fraction of sp³-hybridized carbons (Fsp3) is 0.929. The lowest BCUT2D eigenvalue weighted by Gasteiger charge is -2.29. The van der Waals surface area contributed by atoms with Gasteiger partial charge in [-0.25, -0.2) is 0 Å². The zero-order valence-corrected chi connectivity index (χ0v) is 12.3. The zero-order chi connectivity index (χ0) is 14.4. The minimum atomic E-state index is -0.609. The Hall–Kier alpha value is -0.690. The van der Waals surface area contributed by atoms with Crippen LogP contribution < -0.4 is 5.73 Å². The summed E-state index contributed by atoms with van der Waals surface area (Å²) in [6.45, 7) is 3.03. The Morgan fingerprint density at radius 3 is 2.20 bits per heavy atom. The molecule has 0 aromatic rings. The minimum absolute atomic E-state index is 0.0714. The van der Waals surface area contributed by atoms with Crippen LogP contribution in [-0.4, -0.2) is 69.1 Å². The second kappa shape index (κ2) is 7.93. The molecule has 2 aliphatic heterocycles. The second-order valence-corrected chi connectivity index (χ2v) is 5.58. The van der Waals surface area contributed by atoms with E-state index in [1.54, 1.807) is 12.0 Å². The first-order chi connectivity index (χ1) is 9.70. The molecule has 3 atom stereocenters. The highest BCUT2D eigenvalue weighted by Gasteiger charge is 2.29. The molecule has 2 fully saturated rings. The van der Waals surface area contributed by atoms with E-state index in [1.807, 2.05) is 0 Å². The lowest BCUT2D eigenvalue weighted by molar-refractivity contribution is -0.137. The summed E-state index contributed by atoms with van der Waals surface area (Å²) in [4.78, 5) is 14.2. The number of hydrogen-bond acceptors (Lipinski definition) is 5. The van der Waals surface area contributed by atoms with Crippen molar-refractivity contribution in [3.05, 3.63) is 0 Å². The number of hydrogen-bond donors (Lipinski definition) is 1. The van der Waals surface area contributed by atoms with Gasteiger partial charge in [-0.3, -0.25) is 4.79 Å². The Morgan fingerprint density at radius 2 is 1.80 bits per heavy atom. The van der Waals surface area contributed by atoms with Gasteiger partial charge in [0.2, 0.25) is 5.91 Å². The average Bonchev–Trinajstić information content (AvgIpc) is 3.10. The summed E-state index contributed by atoms with van der Waals surface area (Å²) in [6.07, 6.45) is 4.42. The van der Waals surface area contributed by atoms with Gasteiger partial charge >= 0.3 is 0 Å². The van der Waals surface area contributed by atoms with Gasteiger partial charge in [-0.05, 0) is 25.7 Å². The van der Waals surface area contributed by atoms with Crippen molar-refractivity contribution in [2.45, 2.75) is 43.9 Å². The molecular weight excluding hydrogens is 260 g/mol. The normalized spacial score (nSPS) is 27.7. The van der Waals surface area contributed by atoms with Crippen molar-refractivity contribution in [3.63, 3.8) is 0 Å². The molecule has 0 aromatic carbocycles. The Kier molecular flexibility index (Phi) is 6.22. The van der Waals surface area contributed by atoms with Crippen molar-refractivity contribution < 1.29 is 19.0 Å². The maximum Gasteiger partial charge on any atom is 0.242 e. The summed E-state index contributed by atoms with van der Waals surface area (Å²) < 4.78 is 16.2. The molecule has 1 amide bonds. The molecule has 0 aromatic heterocycles. The smallest absolute Gasteiger partial charge is 0.242 e. The van der Waals surface area contributed by atoms with Gasteiger partial charge in [-0.2, -0.15) is 0 Å². The maximum atomic E-state index is 12.4. The first kappa shape index (κ1) is 15.7. The quantitative estimate of drug-likeness (QED) is 0.721. The monoisotopic (exact) mass is 286 g/mol. The van der Waals surface area contributed by atoms with Crippen LogP contribution in [0.5, 0.6) is 0 Å². The predicted molar refractivity (Wildman–Crippen MR) is 74.4 cm³/mol. The van der Waals surface area contributed by atoms with Crippen LogP contribution in [-0.2, 0) is 19.0 Å². The highest BCUT2D eigenvalue weighted by Crippen LogP contribution is 2.17. The first-order valence-corrected chi connectivity index (χ1v) is 7.47. The topological polar surface area (TPSA) is 74.0 Å². The van der Waals surface area contributed by atoms with Crippen LogP contribution in [0.25, 0.3) is 0 Å². The summed E-state index contributed by atoms with van der Waals surface area (Å²) in [5.41, 5.74) is 5.88. The van der Waals surface area contributed by atoms with Gasteiger partial charge in [-0.15, -0.1) is 0 Å². The Morgan fingerprint density at radius 1 is 1.25 bits per heavy atom. The summed E-state index contributed by atoms with van der Waals surface area (Å²) in [7, 11) is 1.55. The van der Waals surface area contributed by atoms with Crippen LogP contribution in [0.1, 0.15) is 25.7 Å². The van der Waals surface area contributed by atoms with Crippen LogP contribution >= 0.6 is 0 Å². The number of carbonyl (C=O) groups excluding carboxylic acids is 1. The van der Waals surface area contributed by atoms with Crippen LogP contribution in [0.3, 0.4) is 0 Å². The van der Waals surface area contributed by atoms with E-state index in [0.29, 0.717) is 13.1 Å². The van der Waals surface area contributed by atoms with E-state index >= 15 is 0 Å². The Bertz CT molecular complexity index is 284. The van der Waals surface area contributed by atoms with Crippen LogP contribution in [0.2, 0.25) is 0 Å². The van der Waals surface area contributed by atoms with Crippen molar-refractivity contribution in [2.75, 3.05) is 40.0 Å². The van der Waals surface area contributed by atoms with Crippen molar-refractivity contribution in [1.82, 2.24) is 4.90 Å². The van der Waals surface area contributed by atoms with E-state index in [4.69, 9.17) is 19.9 Å². The number of amides is 1. The highest BCUT2D eigenvalue weighted by atomic mass is 16.5. The molecular formula is C14H26N2O4. The third-order valence-electron chi connectivity index (χ3n) is 3.87. The predicted octanol–water partition coefficient (Wildman–Crippen LogP) is 0.147. The number of nitrogens with zero attached hydrogens (tertiary/aromatic N) is 1. The number of rotatable bonds is 7. The van der Waals surface area contributed by atoms with Gasteiger partial charge in [0.15, 0.2) is 0 Å². The van der Waals surface area contributed by atoms with Crippen molar-refractivity contribution in [2.24, 2.45) is 5.73 Å². The molecule has 2 heterocycles. The van der Waals surface area contributed by atoms with Crippen LogP contribution in [0, 0.1) is 0 Å². The molecule has 2 saturated heterocycles. The first-order valence-electron chi connectivity index (χ1n) is 7.47. The molecule has 116 valence electrons. The standard InChI is InChI=1S/C14H26N2O4/c1-18-10-13(15)14(17)16(8-11-4-2-6-19-11)9-12-5-3-7-20-12/h11-13H,2-10,15H2,1H3. The molecule has 6 heteroatoms. The van der Waals surface area contributed by atoms with Crippen molar-refractivity contribution >= 4 is 5.91 Å². The van der Waals surface area contributed by atoms with Crippen LogP contribution in [0.15, 0.2) is 0 Å². The molecule has 2 N–H and O–H groups in total. The molecule has 3 unspecified atom stereocenters. The van der Waals surface area contributed by atoms with E-state index in [0.717, 1.165) is 38.9 Å². The molecule has 6 nitrogen and oxygen atoms in total.